The molecule has 0 saturated heterocycles. The standard InChI is InChI=1S/C15H12Cl2N2/c16-13-4-1-10(2-5-13)12(9-18)7-11-3-6-14(19)8-15(11)17/h1-6,8,12H,7,19H2. The Morgan fingerprint density at radius 2 is 1.79 bits per heavy atom. The third-order valence-corrected chi connectivity index (χ3v) is 3.53. The van der Waals surface area contributed by atoms with Gasteiger partial charge in [0.15, 0.2) is 0 Å². The van der Waals surface area contributed by atoms with E-state index in [1.807, 2.05) is 18.2 Å². The number of halogens is 2. The lowest BCUT2D eigenvalue weighted by molar-refractivity contribution is 0.849. The van der Waals surface area contributed by atoms with Crippen LogP contribution >= 0.6 is 23.2 Å². The Labute approximate surface area is 122 Å². The number of nitrogens with zero attached hydrogens (tertiary/aromatic N) is 1. The van der Waals surface area contributed by atoms with Crippen molar-refractivity contribution in [2.24, 2.45) is 0 Å². The fraction of sp³-hybridized carbons (Fsp3) is 0.133. The highest BCUT2D eigenvalue weighted by Gasteiger charge is 2.13. The van der Waals surface area contributed by atoms with Crippen LogP contribution in [0.5, 0.6) is 0 Å². The summed E-state index contributed by atoms with van der Waals surface area (Å²) in [6, 6.07) is 14.9. The van der Waals surface area contributed by atoms with Gasteiger partial charge in [-0.25, -0.2) is 0 Å². The highest BCUT2D eigenvalue weighted by Crippen LogP contribution is 2.27. The largest absolute Gasteiger partial charge is 0.399 e. The van der Waals surface area contributed by atoms with Gasteiger partial charge in [-0.1, -0.05) is 41.4 Å². The Morgan fingerprint density at radius 3 is 2.37 bits per heavy atom. The maximum atomic E-state index is 9.30. The molecule has 0 fully saturated rings. The first-order valence-corrected chi connectivity index (χ1v) is 6.54. The molecule has 0 aliphatic carbocycles. The van der Waals surface area contributed by atoms with Crippen molar-refractivity contribution in [3.05, 3.63) is 63.6 Å². The van der Waals surface area contributed by atoms with E-state index in [0.29, 0.717) is 22.2 Å². The van der Waals surface area contributed by atoms with Gasteiger partial charge in [0.05, 0.1) is 12.0 Å². The van der Waals surface area contributed by atoms with Gasteiger partial charge in [-0.15, -0.1) is 0 Å². The molecule has 1 atom stereocenters. The van der Waals surface area contributed by atoms with Crippen LogP contribution in [0.2, 0.25) is 10.0 Å². The van der Waals surface area contributed by atoms with Crippen LogP contribution in [-0.4, -0.2) is 0 Å². The fourth-order valence-electron chi connectivity index (χ4n) is 1.88. The highest BCUT2D eigenvalue weighted by molar-refractivity contribution is 6.31. The zero-order chi connectivity index (χ0) is 13.8. The lowest BCUT2D eigenvalue weighted by Crippen LogP contribution is -2.01. The summed E-state index contributed by atoms with van der Waals surface area (Å²) in [5.41, 5.74) is 8.12. The van der Waals surface area contributed by atoms with Crippen LogP contribution in [0.1, 0.15) is 17.0 Å². The quantitative estimate of drug-likeness (QED) is 0.851. The molecular formula is C15H12Cl2N2. The molecular weight excluding hydrogens is 279 g/mol. The van der Waals surface area contributed by atoms with Gasteiger partial charge in [-0.2, -0.15) is 5.26 Å². The average molecular weight is 291 g/mol. The molecule has 2 N–H and O–H groups in total. The molecule has 0 spiro atoms. The minimum Gasteiger partial charge on any atom is -0.399 e. The molecule has 2 aromatic rings. The van der Waals surface area contributed by atoms with Crippen molar-refractivity contribution < 1.29 is 0 Å². The molecule has 2 nitrogen and oxygen atoms in total. The SMILES string of the molecule is N#CC(Cc1ccc(N)cc1Cl)c1ccc(Cl)cc1. The Morgan fingerprint density at radius 1 is 1.11 bits per heavy atom. The van der Waals surface area contributed by atoms with E-state index in [1.165, 1.54) is 0 Å². The van der Waals surface area contributed by atoms with Crippen molar-refractivity contribution >= 4 is 28.9 Å². The van der Waals surface area contributed by atoms with E-state index in [9.17, 15) is 5.26 Å². The molecule has 0 radical (unpaired) electrons. The molecule has 96 valence electrons. The van der Waals surface area contributed by atoms with Crippen LogP contribution in [0, 0.1) is 11.3 Å². The molecule has 2 aromatic carbocycles. The number of anilines is 1. The number of benzene rings is 2. The predicted octanol–water partition coefficient (Wildman–Crippen LogP) is 4.43. The smallest absolute Gasteiger partial charge is 0.0753 e. The molecule has 4 heteroatoms. The highest BCUT2D eigenvalue weighted by atomic mass is 35.5. The van der Waals surface area contributed by atoms with Gasteiger partial charge in [0.25, 0.3) is 0 Å². The summed E-state index contributed by atoms with van der Waals surface area (Å²) < 4.78 is 0. The van der Waals surface area contributed by atoms with Crippen LogP contribution in [0.15, 0.2) is 42.5 Å². The molecule has 19 heavy (non-hydrogen) atoms. The summed E-state index contributed by atoms with van der Waals surface area (Å²) in [7, 11) is 0. The van der Waals surface area contributed by atoms with E-state index in [-0.39, 0.29) is 5.92 Å². The molecule has 0 amide bonds. The van der Waals surface area contributed by atoms with Crippen LogP contribution in [0.4, 0.5) is 5.69 Å². The van der Waals surface area contributed by atoms with E-state index in [4.69, 9.17) is 28.9 Å². The average Bonchev–Trinajstić information content (AvgIpc) is 2.39. The van der Waals surface area contributed by atoms with E-state index in [0.717, 1.165) is 11.1 Å². The predicted molar refractivity (Wildman–Crippen MR) is 79.4 cm³/mol. The molecule has 0 aliphatic rings. The number of rotatable bonds is 3. The first-order valence-electron chi connectivity index (χ1n) is 5.79. The van der Waals surface area contributed by atoms with Crippen molar-refractivity contribution in [3.63, 3.8) is 0 Å². The second-order valence-electron chi connectivity index (χ2n) is 4.29. The van der Waals surface area contributed by atoms with Crippen molar-refractivity contribution in [1.29, 1.82) is 5.26 Å². The lowest BCUT2D eigenvalue weighted by Gasteiger charge is -2.11. The monoisotopic (exact) mass is 290 g/mol. The normalized spacial score (nSPS) is 11.8. The second-order valence-corrected chi connectivity index (χ2v) is 5.13. The third kappa shape index (κ3) is 3.41. The number of nitriles is 1. The van der Waals surface area contributed by atoms with E-state index < -0.39 is 0 Å². The van der Waals surface area contributed by atoms with Crippen LogP contribution in [-0.2, 0) is 6.42 Å². The zero-order valence-electron chi connectivity index (χ0n) is 10.1. The molecule has 0 aromatic heterocycles. The van der Waals surface area contributed by atoms with Gasteiger partial charge in [0.1, 0.15) is 0 Å². The van der Waals surface area contributed by atoms with Crippen molar-refractivity contribution in [3.8, 4) is 6.07 Å². The topological polar surface area (TPSA) is 49.8 Å². The summed E-state index contributed by atoms with van der Waals surface area (Å²) >= 11 is 12.0. The second kappa shape index (κ2) is 5.97. The summed E-state index contributed by atoms with van der Waals surface area (Å²) in [6.07, 6.45) is 0.553. The lowest BCUT2D eigenvalue weighted by atomic mass is 9.93. The van der Waals surface area contributed by atoms with Crippen LogP contribution in [0.3, 0.4) is 0 Å². The Bertz CT molecular complexity index is 615. The van der Waals surface area contributed by atoms with Crippen molar-refractivity contribution in [1.82, 2.24) is 0 Å². The first-order chi connectivity index (χ1) is 9.10. The van der Waals surface area contributed by atoms with Gasteiger partial charge >= 0.3 is 0 Å². The van der Waals surface area contributed by atoms with Gasteiger partial charge < -0.3 is 5.73 Å². The van der Waals surface area contributed by atoms with Gasteiger partial charge in [0, 0.05) is 15.7 Å². The molecule has 0 aliphatic heterocycles. The summed E-state index contributed by atoms with van der Waals surface area (Å²) in [4.78, 5) is 0. The van der Waals surface area contributed by atoms with Gasteiger partial charge in [-0.05, 0) is 41.8 Å². The number of nitrogens with two attached hydrogens (primary N) is 1. The van der Waals surface area contributed by atoms with Crippen LogP contribution in [0.25, 0.3) is 0 Å². The molecule has 0 saturated carbocycles. The van der Waals surface area contributed by atoms with E-state index in [2.05, 4.69) is 6.07 Å². The first kappa shape index (κ1) is 13.7. The van der Waals surface area contributed by atoms with Crippen molar-refractivity contribution in [2.45, 2.75) is 12.3 Å². The molecule has 0 bridgehead atoms. The summed E-state index contributed by atoms with van der Waals surface area (Å²) in [6.45, 7) is 0. The number of nitrogen functional groups attached to an aromatic ring is 1. The fourth-order valence-corrected chi connectivity index (χ4v) is 2.27. The summed E-state index contributed by atoms with van der Waals surface area (Å²) in [5.74, 6) is -0.251. The molecule has 1 unspecified atom stereocenters. The van der Waals surface area contributed by atoms with Crippen molar-refractivity contribution in [2.75, 3.05) is 5.73 Å². The maximum absolute atomic E-state index is 9.30. The Hall–Kier alpha value is -1.69. The number of hydrogen-bond donors (Lipinski definition) is 1. The van der Waals surface area contributed by atoms with Gasteiger partial charge in [-0.3, -0.25) is 0 Å². The summed E-state index contributed by atoms with van der Waals surface area (Å²) in [5, 5.41) is 10.6. The zero-order valence-corrected chi connectivity index (χ0v) is 11.6. The minimum absolute atomic E-state index is 0.251. The Balaban J connectivity index is 2.24. The molecule has 0 heterocycles. The Kier molecular flexibility index (Phi) is 4.31. The third-order valence-electron chi connectivity index (χ3n) is 2.93. The van der Waals surface area contributed by atoms with E-state index >= 15 is 0 Å². The van der Waals surface area contributed by atoms with Gasteiger partial charge in [0.2, 0.25) is 0 Å². The minimum atomic E-state index is -0.251. The number of hydrogen-bond acceptors (Lipinski definition) is 2. The maximum Gasteiger partial charge on any atom is 0.0753 e. The molecule has 2 rings (SSSR count). The van der Waals surface area contributed by atoms with E-state index in [1.54, 1.807) is 24.3 Å². The van der Waals surface area contributed by atoms with Crippen LogP contribution < -0.4 is 5.73 Å².